The number of aromatic nitrogens is 1. The molecule has 1 fully saturated rings. The lowest BCUT2D eigenvalue weighted by molar-refractivity contribution is -0.132. The zero-order valence-electron chi connectivity index (χ0n) is 11.9. The number of nitrogens with zero attached hydrogens (tertiary/aromatic N) is 2. The molecule has 114 valence electrons. The number of esters is 1. The van der Waals surface area contributed by atoms with Crippen LogP contribution in [-0.4, -0.2) is 28.5 Å². The number of hydrogen-bond donors (Lipinski definition) is 1. The number of rotatable bonds is 3. The maximum atomic E-state index is 11.9. The average Bonchev–Trinajstić information content (AvgIpc) is 3.05. The van der Waals surface area contributed by atoms with Gasteiger partial charge in [-0.25, -0.2) is 0 Å². The first kappa shape index (κ1) is 14.1. The molecule has 7 nitrogen and oxygen atoms in total. The quantitative estimate of drug-likeness (QED) is 0.873. The zero-order chi connectivity index (χ0) is 15.7. The number of aromatic hydroxyl groups is 1. The van der Waals surface area contributed by atoms with Gasteiger partial charge in [0, 0.05) is 26.1 Å². The Morgan fingerprint density at radius 3 is 2.86 bits per heavy atom. The molecule has 0 radical (unpaired) electrons. The fourth-order valence-electron chi connectivity index (χ4n) is 2.34. The highest BCUT2D eigenvalue weighted by Crippen LogP contribution is 2.48. The maximum absolute atomic E-state index is 11.9. The second-order valence-corrected chi connectivity index (χ2v) is 4.87. The highest BCUT2D eigenvalue weighted by atomic mass is 16.6. The minimum absolute atomic E-state index is 0.0378. The number of ether oxygens (including phenoxy) is 1. The van der Waals surface area contributed by atoms with Crippen molar-refractivity contribution in [1.82, 2.24) is 4.98 Å². The Hall–Kier alpha value is -2.83. The van der Waals surface area contributed by atoms with Gasteiger partial charge in [0.25, 0.3) is 5.88 Å². The van der Waals surface area contributed by atoms with Crippen molar-refractivity contribution >= 4 is 17.8 Å². The van der Waals surface area contributed by atoms with Crippen molar-refractivity contribution in [2.75, 3.05) is 11.4 Å². The van der Waals surface area contributed by atoms with Crippen LogP contribution in [0.25, 0.3) is 11.5 Å². The number of hydrogen-bond acceptors (Lipinski definition) is 6. The second-order valence-electron chi connectivity index (χ2n) is 4.87. The first-order valence-corrected chi connectivity index (χ1v) is 6.84. The molecule has 3 rings (SSSR count). The summed E-state index contributed by atoms with van der Waals surface area (Å²) in [5.74, 6) is -1.15. The molecule has 22 heavy (non-hydrogen) atoms. The third kappa shape index (κ3) is 2.41. The molecule has 0 bridgehead atoms. The summed E-state index contributed by atoms with van der Waals surface area (Å²) in [5.41, 5.74) is 0.381. The van der Waals surface area contributed by atoms with Crippen LogP contribution in [0.5, 0.6) is 11.5 Å². The Labute approximate surface area is 126 Å². The lowest BCUT2D eigenvalue weighted by atomic mass is 10.2. The van der Waals surface area contributed by atoms with E-state index in [-0.39, 0.29) is 29.1 Å². The van der Waals surface area contributed by atoms with Crippen molar-refractivity contribution in [3.63, 3.8) is 0 Å². The summed E-state index contributed by atoms with van der Waals surface area (Å²) in [5, 5.41) is 10.3. The molecule has 0 spiro atoms. The number of amides is 1. The number of anilines is 1. The van der Waals surface area contributed by atoms with Crippen molar-refractivity contribution < 1.29 is 23.8 Å². The third-order valence-electron chi connectivity index (χ3n) is 3.29. The summed E-state index contributed by atoms with van der Waals surface area (Å²) < 4.78 is 10.6. The largest absolute Gasteiger partial charge is 0.501 e. The molecule has 1 amide bonds. The van der Waals surface area contributed by atoms with Gasteiger partial charge in [0.1, 0.15) is 5.69 Å². The molecule has 0 unspecified atom stereocenters. The first-order chi connectivity index (χ1) is 10.6. The van der Waals surface area contributed by atoms with Gasteiger partial charge < -0.3 is 14.3 Å². The number of furan rings is 1. The van der Waals surface area contributed by atoms with Crippen LogP contribution in [0.4, 0.5) is 5.88 Å². The van der Waals surface area contributed by atoms with Gasteiger partial charge in [-0.05, 0) is 18.6 Å². The molecule has 1 N–H and O–H groups in total. The highest BCUT2D eigenvalue weighted by Gasteiger charge is 2.33. The summed E-state index contributed by atoms with van der Waals surface area (Å²) in [6, 6.07) is 5.10. The van der Waals surface area contributed by atoms with Gasteiger partial charge >= 0.3 is 5.97 Å². The summed E-state index contributed by atoms with van der Waals surface area (Å²) in [6.45, 7) is 1.66. The van der Waals surface area contributed by atoms with Gasteiger partial charge in [-0.3, -0.25) is 19.5 Å². The average molecular weight is 302 g/mol. The first-order valence-electron chi connectivity index (χ1n) is 6.84. The van der Waals surface area contributed by atoms with Gasteiger partial charge in [-0.2, -0.15) is 0 Å². The van der Waals surface area contributed by atoms with Crippen LogP contribution >= 0.6 is 0 Å². The predicted octanol–water partition coefficient (Wildman–Crippen LogP) is 2.10. The van der Waals surface area contributed by atoms with Gasteiger partial charge in [-0.15, -0.1) is 0 Å². The van der Waals surface area contributed by atoms with Crippen LogP contribution in [0.3, 0.4) is 0 Å². The molecule has 0 saturated carbocycles. The van der Waals surface area contributed by atoms with Crippen molar-refractivity contribution in [2.24, 2.45) is 0 Å². The lowest BCUT2D eigenvalue weighted by Gasteiger charge is -2.13. The van der Waals surface area contributed by atoms with E-state index in [4.69, 9.17) is 9.15 Å². The van der Waals surface area contributed by atoms with Crippen LogP contribution in [0.1, 0.15) is 19.8 Å². The molecular formula is C15H14N2O5. The third-order valence-corrected chi connectivity index (χ3v) is 3.29. The Morgan fingerprint density at radius 2 is 2.27 bits per heavy atom. The van der Waals surface area contributed by atoms with Crippen LogP contribution in [0, 0.1) is 0 Å². The van der Waals surface area contributed by atoms with Gasteiger partial charge in [-0.1, -0.05) is 6.07 Å². The van der Waals surface area contributed by atoms with E-state index in [2.05, 4.69) is 4.98 Å². The smallest absolute Gasteiger partial charge is 0.308 e. The monoisotopic (exact) mass is 302 g/mol. The van der Waals surface area contributed by atoms with Crippen LogP contribution < -0.4 is 9.64 Å². The normalized spacial score (nSPS) is 14.4. The Morgan fingerprint density at radius 1 is 1.45 bits per heavy atom. The fraction of sp³-hybridized carbons (Fsp3) is 0.267. The minimum Gasteiger partial charge on any atom is -0.501 e. The van der Waals surface area contributed by atoms with Gasteiger partial charge in [0.05, 0.1) is 0 Å². The molecule has 0 aromatic carbocycles. The molecule has 7 heteroatoms. The molecule has 1 saturated heterocycles. The second kappa shape index (κ2) is 5.51. The maximum Gasteiger partial charge on any atom is 0.308 e. The minimum atomic E-state index is -0.614. The molecular weight excluding hydrogens is 288 g/mol. The lowest BCUT2D eigenvalue weighted by Crippen LogP contribution is -2.24. The fourth-order valence-corrected chi connectivity index (χ4v) is 2.34. The van der Waals surface area contributed by atoms with E-state index in [0.29, 0.717) is 25.1 Å². The molecule has 0 atom stereocenters. The molecule has 2 aromatic rings. The summed E-state index contributed by atoms with van der Waals surface area (Å²) >= 11 is 0. The van der Waals surface area contributed by atoms with Crippen LogP contribution in [-0.2, 0) is 9.59 Å². The van der Waals surface area contributed by atoms with Crippen molar-refractivity contribution in [3.8, 4) is 23.0 Å². The van der Waals surface area contributed by atoms with E-state index in [9.17, 15) is 14.7 Å². The standard InChI is InChI=1S/C15H14N2O5/c1-9(18)21-14-12(20)13(10-5-2-3-7-16-10)22-15(14)17-8-4-6-11(17)19/h2-3,5,7,20H,4,6,8H2,1H3. The highest BCUT2D eigenvalue weighted by molar-refractivity contribution is 5.97. The summed E-state index contributed by atoms with van der Waals surface area (Å²) in [6.07, 6.45) is 2.61. The molecule has 1 aliphatic rings. The molecule has 2 aromatic heterocycles. The zero-order valence-corrected chi connectivity index (χ0v) is 11.9. The molecule has 3 heterocycles. The van der Waals surface area contributed by atoms with E-state index in [1.54, 1.807) is 24.4 Å². The Bertz CT molecular complexity index is 723. The van der Waals surface area contributed by atoms with E-state index in [1.165, 1.54) is 11.8 Å². The van der Waals surface area contributed by atoms with Crippen LogP contribution in [0.2, 0.25) is 0 Å². The topological polar surface area (TPSA) is 92.9 Å². The van der Waals surface area contributed by atoms with E-state index in [0.717, 1.165) is 0 Å². The summed E-state index contributed by atoms with van der Waals surface area (Å²) in [7, 11) is 0. The van der Waals surface area contributed by atoms with Gasteiger partial charge in [0.2, 0.25) is 23.2 Å². The Kier molecular flexibility index (Phi) is 3.54. The molecule has 1 aliphatic heterocycles. The van der Waals surface area contributed by atoms with Gasteiger partial charge in [0.15, 0.2) is 0 Å². The van der Waals surface area contributed by atoms with Crippen LogP contribution in [0.15, 0.2) is 28.8 Å². The number of carbonyl (C=O) groups is 2. The molecule has 0 aliphatic carbocycles. The SMILES string of the molecule is CC(=O)Oc1c(N2CCCC2=O)oc(-c2ccccn2)c1O. The van der Waals surface area contributed by atoms with Crippen molar-refractivity contribution in [2.45, 2.75) is 19.8 Å². The number of carbonyl (C=O) groups excluding carboxylic acids is 2. The van der Waals surface area contributed by atoms with E-state index < -0.39 is 5.97 Å². The summed E-state index contributed by atoms with van der Waals surface area (Å²) in [4.78, 5) is 28.6. The van der Waals surface area contributed by atoms with E-state index >= 15 is 0 Å². The van der Waals surface area contributed by atoms with Crippen molar-refractivity contribution in [1.29, 1.82) is 0 Å². The van der Waals surface area contributed by atoms with E-state index in [1.807, 2.05) is 0 Å². The Balaban J connectivity index is 2.11. The van der Waals surface area contributed by atoms with Crippen molar-refractivity contribution in [3.05, 3.63) is 24.4 Å². The number of pyridine rings is 1. The predicted molar refractivity (Wildman–Crippen MR) is 76.5 cm³/mol.